The van der Waals surface area contributed by atoms with Crippen molar-refractivity contribution in [3.8, 4) is 23.0 Å². The number of likely N-dealkylation sites (tertiary alicyclic amines) is 1. The summed E-state index contributed by atoms with van der Waals surface area (Å²) in [5.41, 5.74) is -1.70. The van der Waals surface area contributed by atoms with Gasteiger partial charge < -0.3 is 18.8 Å². The molecule has 2 atom stereocenters. The minimum Gasteiger partial charge on any atom is -0.497 e. The maximum Gasteiger partial charge on any atom is 0.407 e. The summed E-state index contributed by atoms with van der Waals surface area (Å²) in [6.07, 6.45) is -5.78. The molecule has 0 radical (unpaired) electrons. The number of alkyl halides is 3. The number of halogens is 3. The van der Waals surface area contributed by atoms with Crippen LogP contribution in [0.3, 0.4) is 0 Å². The Morgan fingerprint density at radius 1 is 1.17 bits per heavy atom. The van der Waals surface area contributed by atoms with Gasteiger partial charge in [0.25, 0.3) is 5.91 Å². The predicted molar refractivity (Wildman–Crippen MR) is 122 cm³/mol. The second-order valence-electron chi connectivity index (χ2n) is 9.09. The largest absolute Gasteiger partial charge is 0.497 e. The molecule has 1 saturated heterocycles. The number of amides is 1. The van der Waals surface area contributed by atoms with Crippen molar-refractivity contribution in [2.75, 3.05) is 13.7 Å². The summed E-state index contributed by atoms with van der Waals surface area (Å²) >= 11 is 0. The van der Waals surface area contributed by atoms with Crippen LogP contribution in [-0.2, 0) is 11.0 Å². The Balaban J connectivity index is 1.55. The van der Waals surface area contributed by atoms with E-state index >= 15 is 0 Å². The first-order valence-electron chi connectivity index (χ1n) is 11.0. The zero-order valence-electron chi connectivity index (χ0n) is 20.0. The Labute approximate surface area is 205 Å². The lowest BCUT2D eigenvalue weighted by Crippen LogP contribution is -2.37. The third kappa shape index (κ3) is 4.71. The quantitative estimate of drug-likeness (QED) is 0.405. The molecule has 0 N–H and O–H groups in total. The third-order valence-electron chi connectivity index (χ3n) is 6.05. The molecule has 4 rings (SSSR count). The van der Waals surface area contributed by atoms with Gasteiger partial charge in [0, 0.05) is 17.5 Å². The SMILES string of the molecule is [C-]#[N+]c1ccc(OC2C(=O)N(C(C)c3nnc(-c4ccc(OC)cc4)o3)CC2(C)C)cc1C(F)(F)F. The smallest absolute Gasteiger partial charge is 0.407 e. The molecule has 1 aromatic heterocycles. The van der Waals surface area contributed by atoms with Crippen molar-refractivity contribution in [3.05, 3.63) is 65.3 Å². The fourth-order valence-corrected chi connectivity index (χ4v) is 4.06. The molecular formula is C25H23F3N4O4. The van der Waals surface area contributed by atoms with Crippen LogP contribution in [0.1, 0.15) is 38.3 Å². The summed E-state index contributed by atoms with van der Waals surface area (Å²) < 4.78 is 56.9. The third-order valence-corrected chi connectivity index (χ3v) is 6.05. The van der Waals surface area contributed by atoms with Crippen LogP contribution in [0.15, 0.2) is 46.9 Å². The van der Waals surface area contributed by atoms with Gasteiger partial charge in [-0.2, -0.15) is 13.2 Å². The number of rotatable bonds is 6. The minimum atomic E-state index is -4.73. The highest BCUT2D eigenvalue weighted by Crippen LogP contribution is 2.42. The molecule has 0 bridgehead atoms. The molecule has 1 aliphatic heterocycles. The van der Waals surface area contributed by atoms with Gasteiger partial charge in [-0.15, -0.1) is 10.2 Å². The van der Waals surface area contributed by atoms with E-state index in [0.717, 1.165) is 12.1 Å². The van der Waals surface area contributed by atoms with Gasteiger partial charge in [-0.3, -0.25) is 4.79 Å². The van der Waals surface area contributed by atoms with E-state index in [4.69, 9.17) is 20.5 Å². The Kier molecular flexibility index (Phi) is 6.39. The zero-order chi connectivity index (χ0) is 26.3. The van der Waals surface area contributed by atoms with Gasteiger partial charge >= 0.3 is 6.18 Å². The molecule has 2 heterocycles. The minimum absolute atomic E-state index is 0.143. The van der Waals surface area contributed by atoms with Gasteiger partial charge in [-0.25, -0.2) is 4.85 Å². The van der Waals surface area contributed by atoms with Crippen LogP contribution in [0.4, 0.5) is 18.9 Å². The first kappa shape index (κ1) is 25.0. The normalized spacial score (nSPS) is 18.1. The van der Waals surface area contributed by atoms with Crippen molar-refractivity contribution in [2.45, 2.75) is 39.1 Å². The van der Waals surface area contributed by atoms with E-state index in [1.54, 1.807) is 52.1 Å². The number of carbonyl (C=O) groups is 1. The van der Waals surface area contributed by atoms with Gasteiger partial charge in [0.2, 0.25) is 11.8 Å². The van der Waals surface area contributed by atoms with Crippen LogP contribution in [0, 0.1) is 12.0 Å². The van der Waals surface area contributed by atoms with Crippen LogP contribution in [0.25, 0.3) is 16.3 Å². The van der Waals surface area contributed by atoms with Gasteiger partial charge in [-0.05, 0) is 43.3 Å². The number of hydrogen-bond donors (Lipinski definition) is 0. The highest BCUT2D eigenvalue weighted by atomic mass is 19.4. The van der Waals surface area contributed by atoms with Crippen LogP contribution in [0.5, 0.6) is 11.5 Å². The van der Waals surface area contributed by atoms with Crippen molar-refractivity contribution >= 4 is 11.6 Å². The van der Waals surface area contributed by atoms with Crippen LogP contribution < -0.4 is 9.47 Å². The maximum absolute atomic E-state index is 13.4. The maximum atomic E-state index is 13.4. The summed E-state index contributed by atoms with van der Waals surface area (Å²) in [6.45, 7) is 12.5. The van der Waals surface area contributed by atoms with Crippen LogP contribution in [-0.4, -0.2) is 40.8 Å². The van der Waals surface area contributed by atoms with E-state index < -0.39 is 40.9 Å². The molecule has 2 aromatic carbocycles. The molecule has 2 unspecified atom stereocenters. The Hall–Kier alpha value is -4.07. The summed E-state index contributed by atoms with van der Waals surface area (Å²) in [4.78, 5) is 17.8. The number of methoxy groups -OCH3 is 1. The Morgan fingerprint density at radius 2 is 1.83 bits per heavy atom. The number of benzene rings is 2. The van der Waals surface area contributed by atoms with Gasteiger partial charge in [0.1, 0.15) is 17.5 Å². The van der Waals surface area contributed by atoms with Crippen molar-refractivity contribution in [3.63, 3.8) is 0 Å². The van der Waals surface area contributed by atoms with E-state index in [-0.39, 0.29) is 24.1 Å². The fourth-order valence-electron chi connectivity index (χ4n) is 4.06. The molecule has 1 fully saturated rings. The fraction of sp³-hybridized carbons (Fsp3) is 0.360. The average Bonchev–Trinajstić information content (AvgIpc) is 3.42. The van der Waals surface area contributed by atoms with Crippen molar-refractivity contribution < 1.29 is 31.9 Å². The van der Waals surface area contributed by atoms with Gasteiger partial charge in [0.15, 0.2) is 11.8 Å². The Bertz CT molecular complexity index is 1310. The number of aromatic nitrogens is 2. The topological polar surface area (TPSA) is 82.0 Å². The summed E-state index contributed by atoms with van der Waals surface area (Å²) in [6, 6.07) is 9.50. The van der Waals surface area contributed by atoms with E-state index in [1.807, 2.05) is 0 Å². The molecule has 0 spiro atoms. The first-order chi connectivity index (χ1) is 16.9. The standard InChI is InChI=1S/C25H23F3N4O4/c1-14(21-30-31-22(36-21)15-6-8-16(34-5)9-7-15)32-13-24(2,3)20(23(32)33)35-17-10-11-19(29-4)18(12-17)25(26,27)28/h6-12,14,20H,13H2,1-3,5H3. The highest BCUT2D eigenvalue weighted by molar-refractivity contribution is 5.85. The molecular weight excluding hydrogens is 477 g/mol. The molecule has 3 aromatic rings. The molecule has 0 aliphatic carbocycles. The van der Waals surface area contributed by atoms with E-state index in [2.05, 4.69) is 15.0 Å². The average molecular weight is 500 g/mol. The van der Waals surface area contributed by atoms with Crippen molar-refractivity contribution in [2.24, 2.45) is 5.41 Å². The van der Waals surface area contributed by atoms with Crippen molar-refractivity contribution in [1.82, 2.24) is 15.1 Å². The van der Waals surface area contributed by atoms with E-state index in [9.17, 15) is 18.0 Å². The van der Waals surface area contributed by atoms with Crippen LogP contribution in [0.2, 0.25) is 0 Å². The van der Waals surface area contributed by atoms with Gasteiger partial charge in [-0.1, -0.05) is 19.9 Å². The van der Waals surface area contributed by atoms with Crippen molar-refractivity contribution in [1.29, 1.82) is 0 Å². The summed E-state index contributed by atoms with van der Waals surface area (Å²) in [5.74, 6) is 0.604. The lowest BCUT2D eigenvalue weighted by Gasteiger charge is -2.25. The summed E-state index contributed by atoms with van der Waals surface area (Å²) in [7, 11) is 1.56. The number of ether oxygens (including phenoxy) is 2. The lowest BCUT2D eigenvalue weighted by molar-refractivity contribution is -0.137. The predicted octanol–water partition coefficient (Wildman–Crippen LogP) is 5.69. The second kappa shape index (κ2) is 9.18. The summed E-state index contributed by atoms with van der Waals surface area (Å²) in [5, 5.41) is 8.17. The number of nitrogens with zero attached hydrogens (tertiary/aromatic N) is 4. The molecule has 11 heteroatoms. The monoisotopic (exact) mass is 500 g/mol. The molecule has 1 amide bonds. The zero-order valence-corrected chi connectivity index (χ0v) is 20.0. The number of carbonyl (C=O) groups excluding carboxylic acids is 1. The lowest BCUT2D eigenvalue weighted by atomic mass is 9.89. The van der Waals surface area contributed by atoms with Crippen LogP contribution >= 0.6 is 0 Å². The first-order valence-corrected chi connectivity index (χ1v) is 11.0. The molecule has 1 aliphatic rings. The molecule has 36 heavy (non-hydrogen) atoms. The molecule has 8 nitrogen and oxygen atoms in total. The highest BCUT2D eigenvalue weighted by Gasteiger charge is 2.50. The van der Waals surface area contributed by atoms with E-state index in [1.165, 1.54) is 11.0 Å². The molecule has 0 saturated carbocycles. The van der Waals surface area contributed by atoms with Gasteiger partial charge in [0.05, 0.1) is 19.2 Å². The number of hydrogen-bond acceptors (Lipinski definition) is 6. The molecule has 188 valence electrons. The van der Waals surface area contributed by atoms with E-state index in [0.29, 0.717) is 11.3 Å². The Morgan fingerprint density at radius 3 is 2.44 bits per heavy atom. The second-order valence-corrected chi connectivity index (χ2v) is 9.09.